The number of piperazine rings is 1. The van der Waals surface area contributed by atoms with Gasteiger partial charge in [-0.3, -0.25) is 9.69 Å². The van der Waals surface area contributed by atoms with Gasteiger partial charge < -0.3 is 24.7 Å². The van der Waals surface area contributed by atoms with Gasteiger partial charge >= 0.3 is 0 Å². The van der Waals surface area contributed by atoms with Gasteiger partial charge in [0, 0.05) is 76.7 Å². The first kappa shape index (κ1) is 38.4. The van der Waals surface area contributed by atoms with Crippen LogP contribution in [0.5, 0.6) is 0 Å². The monoisotopic (exact) mass is 689 g/mol. The van der Waals surface area contributed by atoms with E-state index >= 15 is 0 Å². The molecule has 0 spiro atoms. The predicted molar refractivity (Wildman–Crippen MR) is 211 cm³/mol. The molecule has 0 atom stereocenters. The van der Waals surface area contributed by atoms with E-state index in [0.29, 0.717) is 0 Å². The zero-order valence-corrected chi connectivity index (χ0v) is 31.6. The lowest BCUT2D eigenvalue weighted by Crippen LogP contribution is -2.44. The van der Waals surface area contributed by atoms with Crippen LogP contribution in [0.2, 0.25) is 0 Å². The molecule has 7 heteroatoms. The Morgan fingerprint density at radius 3 is 1.55 bits per heavy atom. The molecule has 2 fully saturated rings. The summed E-state index contributed by atoms with van der Waals surface area (Å²) < 4.78 is 0. The van der Waals surface area contributed by atoms with Crippen LogP contribution in [-0.4, -0.2) is 104 Å². The van der Waals surface area contributed by atoms with Gasteiger partial charge in [-0.05, 0) is 106 Å². The van der Waals surface area contributed by atoms with Crippen molar-refractivity contribution < 1.29 is 9.90 Å². The number of likely N-dealkylation sites (tertiary alicyclic amines) is 1. The standard InChI is InChI=1S/C13H18N2O.C12H17NO.C10H13N.C9H11N/c1-11(16)12-3-5-13(6-4-12)15-9-7-14(2)8-10-15;1-13-9-7-12(14,8-10-13)11-5-3-2-4-6-11;1-11-7-6-9-4-2-3-5-10(9)8-11;1-10-6-8-4-2-3-5-9(8)7-10/h3-6H,7-10H2,1-2H3;2-6,14H,7-10H2,1H3;2-5H,6-8H2,1H3;2-5H,6-7H2,1H3. The third kappa shape index (κ3) is 11.3. The van der Waals surface area contributed by atoms with Crippen LogP contribution in [-0.2, 0) is 31.7 Å². The summed E-state index contributed by atoms with van der Waals surface area (Å²) in [7, 11) is 8.58. The van der Waals surface area contributed by atoms with Crippen LogP contribution in [0.25, 0.3) is 0 Å². The SMILES string of the molecule is CC(=O)c1ccc(N2CCN(C)CC2)cc1.CN1CCC(O)(c2ccccc2)CC1.CN1CCc2ccccc2C1.CN1Cc2ccccc2C1. The molecule has 4 aliphatic rings. The lowest BCUT2D eigenvalue weighted by atomic mass is 9.85. The van der Waals surface area contributed by atoms with Gasteiger partial charge in [0.1, 0.15) is 0 Å². The normalized spacial score (nSPS) is 18.8. The summed E-state index contributed by atoms with van der Waals surface area (Å²) in [6.45, 7) is 12.5. The lowest BCUT2D eigenvalue weighted by molar-refractivity contribution is -0.0203. The lowest BCUT2D eigenvalue weighted by Gasteiger charge is -2.36. The third-order valence-electron chi connectivity index (χ3n) is 10.6. The summed E-state index contributed by atoms with van der Waals surface area (Å²) in [5.74, 6) is 0.130. The summed E-state index contributed by atoms with van der Waals surface area (Å²) in [6.07, 6.45) is 2.90. The molecular formula is C44H59N5O2. The highest BCUT2D eigenvalue weighted by molar-refractivity contribution is 5.94. The van der Waals surface area contributed by atoms with Gasteiger partial charge in [-0.1, -0.05) is 78.9 Å². The number of anilines is 1. The second-order valence-electron chi connectivity index (χ2n) is 14.8. The Morgan fingerprint density at radius 2 is 1.00 bits per heavy atom. The van der Waals surface area contributed by atoms with Crippen LogP contribution in [0.3, 0.4) is 0 Å². The second kappa shape index (κ2) is 18.6. The molecule has 2 saturated heterocycles. The minimum atomic E-state index is -0.590. The van der Waals surface area contributed by atoms with Crippen LogP contribution in [0.1, 0.15) is 57.9 Å². The molecule has 8 rings (SSSR count). The number of aliphatic hydroxyl groups is 1. The van der Waals surface area contributed by atoms with Gasteiger partial charge in [-0.2, -0.15) is 0 Å². The predicted octanol–water partition coefficient (Wildman–Crippen LogP) is 6.55. The van der Waals surface area contributed by atoms with Crippen molar-refractivity contribution in [2.45, 2.75) is 51.4 Å². The molecule has 0 saturated carbocycles. The average Bonchev–Trinajstić information content (AvgIpc) is 3.54. The van der Waals surface area contributed by atoms with E-state index in [1.165, 1.54) is 40.9 Å². The molecule has 0 bridgehead atoms. The minimum absolute atomic E-state index is 0.130. The van der Waals surface area contributed by atoms with Crippen LogP contribution in [0, 0.1) is 0 Å². The molecule has 7 nitrogen and oxygen atoms in total. The number of carbonyl (C=O) groups excluding carboxylic acids is 1. The maximum absolute atomic E-state index is 11.2. The number of hydrogen-bond acceptors (Lipinski definition) is 7. The summed E-state index contributed by atoms with van der Waals surface area (Å²) in [6, 6.07) is 35.3. The second-order valence-corrected chi connectivity index (χ2v) is 14.8. The van der Waals surface area contributed by atoms with Crippen molar-refractivity contribution in [2.24, 2.45) is 0 Å². The Morgan fingerprint density at radius 1 is 0.529 bits per heavy atom. The number of ketones is 1. The number of piperidine rings is 1. The van der Waals surface area contributed by atoms with Crippen molar-refractivity contribution in [3.05, 3.63) is 137 Å². The van der Waals surface area contributed by atoms with E-state index in [1.54, 1.807) is 6.92 Å². The van der Waals surface area contributed by atoms with E-state index in [2.05, 4.69) is 101 Å². The fraction of sp³-hybridized carbons (Fsp3) is 0.432. The number of benzene rings is 4. The Balaban J connectivity index is 0.000000134. The summed E-state index contributed by atoms with van der Waals surface area (Å²) in [4.78, 5) is 22.8. The maximum Gasteiger partial charge on any atom is 0.159 e. The quantitative estimate of drug-likeness (QED) is 0.245. The fourth-order valence-corrected chi connectivity index (χ4v) is 7.14. The third-order valence-corrected chi connectivity index (χ3v) is 10.6. The topological polar surface area (TPSA) is 53.5 Å². The molecule has 4 aliphatic heterocycles. The smallest absolute Gasteiger partial charge is 0.159 e. The van der Waals surface area contributed by atoms with Crippen molar-refractivity contribution in [3.8, 4) is 0 Å². The zero-order valence-electron chi connectivity index (χ0n) is 31.6. The van der Waals surface area contributed by atoms with Gasteiger partial charge in [0.15, 0.2) is 5.78 Å². The number of Topliss-reactive ketones (excluding diaryl/α,β-unsaturated/α-hetero) is 1. The Kier molecular flexibility index (Phi) is 14.0. The van der Waals surface area contributed by atoms with Crippen LogP contribution in [0.4, 0.5) is 5.69 Å². The van der Waals surface area contributed by atoms with Crippen molar-refractivity contribution in [2.75, 3.05) is 78.9 Å². The maximum atomic E-state index is 11.2. The first-order chi connectivity index (χ1) is 24.6. The van der Waals surface area contributed by atoms with Gasteiger partial charge in [-0.15, -0.1) is 0 Å². The summed E-state index contributed by atoms with van der Waals surface area (Å²) in [5.41, 5.74) is 8.50. The number of hydrogen-bond donors (Lipinski definition) is 1. The molecule has 4 heterocycles. The van der Waals surface area contributed by atoms with E-state index in [9.17, 15) is 9.90 Å². The minimum Gasteiger partial charge on any atom is -0.385 e. The fourth-order valence-electron chi connectivity index (χ4n) is 7.14. The zero-order chi connectivity index (χ0) is 36.2. The molecule has 4 aromatic carbocycles. The highest BCUT2D eigenvalue weighted by atomic mass is 16.3. The van der Waals surface area contributed by atoms with Gasteiger partial charge in [0.2, 0.25) is 0 Å². The molecule has 272 valence electrons. The number of likely N-dealkylation sites (N-methyl/N-ethyl adjacent to an activating group) is 2. The Bertz CT molecular complexity index is 1620. The van der Waals surface area contributed by atoms with E-state index in [1.807, 2.05) is 54.6 Å². The number of fused-ring (bicyclic) bond motifs is 2. The van der Waals surface area contributed by atoms with Gasteiger partial charge in [0.05, 0.1) is 5.60 Å². The van der Waals surface area contributed by atoms with Crippen molar-refractivity contribution >= 4 is 11.5 Å². The molecule has 0 aromatic heterocycles. The van der Waals surface area contributed by atoms with Gasteiger partial charge in [-0.25, -0.2) is 0 Å². The number of rotatable bonds is 3. The molecule has 0 aliphatic carbocycles. The van der Waals surface area contributed by atoms with Crippen LogP contribution < -0.4 is 4.90 Å². The summed E-state index contributed by atoms with van der Waals surface area (Å²) in [5, 5.41) is 10.4. The molecule has 0 unspecified atom stereocenters. The molecule has 1 N–H and O–H groups in total. The first-order valence-electron chi connectivity index (χ1n) is 18.6. The van der Waals surface area contributed by atoms with Gasteiger partial charge in [0.25, 0.3) is 0 Å². The van der Waals surface area contributed by atoms with Crippen molar-refractivity contribution in [3.63, 3.8) is 0 Å². The highest BCUT2D eigenvalue weighted by Gasteiger charge is 2.32. The van der Waals surface area contributed by atoms with Crippen molar-refractivity contribution in [1.29, 1.82) is 0 Å². The Hall–Kier alpha value is -3.85. The molecule has 0 amide bonds. The molecular weight excluding hydrogens is 631 g/mol. The molecule has 0 radical (unpaired) electrons. The summed E-state index contributed by atoms with van der Waals surface area (Å²) >= 11 is 0. The van der Waals surface area contributed by atoms with E-state index < -0.39 is 5.60 Å². The molecule has 4 aromatic rings. The first-order valence-corrected chi connectivity index (χ1v) is 18.6. The Labute approximate surface area is 307 Å². The number of carbonyl (C=O) groups is 1. The average molecular weight is 690 g/mol. The number of nitrogens with zero attached hydrogens (tertiary/aromatic N) is 5. The van der Waals surface area contributed by atoms with E-state index in [0.717, 1.165) is 82.9 Å². The molecule has 51 heavy (non-hydrogen) atoms. The van der Waals surface area contributed by atoms with Crippen molar-refractivity contribution in [1.82, 2.24) is 19.6 Å². The van der Waals surface area contributed by atoms with E-state index in [-0.39, 0.29) is 5.78 Å². The highest BCUT2D eigenvalue weighted by Crippen LogP contribution is 2.32. The van der Waals surface area contributed by atoms with Crippen LogP contribution in [0.15, 0.2) is 103 Å². The largest absolute Gasteiger partial charge is 0.385 e. The van der Waals surface area contributed by atoms with Crippen LogP contribution >= 0.6 is 0 Å². The van der Waals surface area contributed by atoms with E-state index in [4.69, 9.17) is 0 Å².